The molecule has 1 aliphatic rings. The molecule has 0 saturated heterocycles. The van der Waals surface area contributed by atoms with Crippen molar-refractivity contribution in [1.82, 2.24) is 15.5 Å². The topological polar surface area (TPSA) is 60.2 Å². The summed E-state index contributed by atoms with van der Waals surface area (Å²) in [4.78, 5) is 0. The summed E-state index contributed by atoms with van der Waals surface area (Å²) in [5.41, 5.74) is 2.19. The van der Waals surface area contributed by atoms with Crippen LogP contribution in [0.15, 0.2) is 22.6 Å². The lowest BCUT2D eigenvalue weighted by Crippen LogP contribution is -2.23. The van der Waals surface area contributed by atoms with Crippen molar-refractivity contribution in [2.75, 3.05) is 13.2 Å². The Morgan fingerprint density at radius 1 is 1.29 bits per heavy atom. The zero-order chi connectivity index (χ0) is 14.7. The third-order valence-corrected chi connectivity index (χ3v) is 3.52. The van der Waals surface area contributed by atoms with E-state index >= 15 is 0 Å². The molecule has 0 radical (unpaired) electrons. The van der Waals surface area contributed by atoms with Crippen LogP contribution in [0.5, 0.6) is 5.75 Å². The van der Waals surface area contributed by atoms with Crippen LogP contribution in [-0.4, -0.2) is 29.4 Å². The van der Waals surface area contributed by atoms with Gasteiger partial charge in [0.1, 0.15) is 5.75 Å². The first-order valence-corrected chi connectivity index (χ1v) is 7.54. The number of aromatic nitrogens is 2. The molecule has 0 aliphatic carbocycles. The van der Waals surface area contributed by atoms with E-state index in [0.717, 1.165) is 43.7 Å². The SMILES string of the molecule is CC(C)NCCCc1nnc(-c2ccc3c(c2)CCO3)o1. The zero-order valence-electron chi connectivity index (χ0n) is 12.6. The van der Waals surface area contributed by atoms with E-state index in [-0.39, 0.29) is 0 Å². The molecule has 0 amide bonds. The third-order valence-electron chi connectivity index (χ3n) is 3.52. The fraction of sp³-hybridized carbons (Fsp3) is 0.500. The maximum absolute atomic E-state index is 5.75. The Balaban J connectivity index is 1.62. The normalized spacial score (nSPS) is 13.5. The summed E-state index contributed by atoms with van der Waals surface area (Å²) in [5.74, 6) is 2.27. The molecule has 0 fully saturated rings. The minimum absolute atomic E-state index is 0.511. The summed E-state index contributed by atoms with van der Waals surface area (Å²) >= 11 is 0. The van der Waals surface area contributed by atoms with Gasteiger partial charge in [0.2, 0.25) is 11.8 Å². The molecule has 0 saturated carbocycles. The summed E-state index contributed by atoms with van der Waals surface area (Å²) in [6.07, 6.45) is 2.75. The van der Waals surface area contributed by atoms with Gasteiger partial charge in [-0.25, -0.2) is 0 Å². The van der Waals surface area contributed by atoms with Gasteiger partial charge >= 0.3 is 0 Å². The van der Waals surface area contributed by atoms with Crippen LogP contribution >= 0.6 is 0 Å². The van der Waals surface area contributed by atoms with Crippen molar-refractivity contribution in [2.45, 2.75) is 39.2 Å². The van der Waals surface area contributed by atoms with Crippen molar-refractivity contribution in [1.29, 1.82) is 0 Å². The zero-order valence-corrected chi connectivity index (χ0v) is 12.6. The van der Waals surface area contributed by atoms with Crippen LogP contribution in [0.2, 0.25) is 0 Å². The van der Waals surface area contributed by atoms with Gasteiger partial charge in [0.25, 0.3) is 0 Å². The van der Waals surface area contributed by atoms with Crippen LogP contribution in [0.1, 0.15) is 31.7 Å². The van der Waals surface area contributed by atoms with E-state index in [2.05, 4.69) is 35.4 Å². The molecule has 1 N–H and O–H groups in total. The van der Waals surface area contributed by atoms with Gasteiger partial charge in [0, 0.05) is 24.4 Å². The summed E-state index contributed by atoms with van der Waals surface area (Å²) in [6, 6.07) is 6.55. The average Bonchev–Trinajstić information content (AvgIpc) is 3.11. The average molecular weight is 287 g/mol. The second-order valence-corrected chi connectivity index (χ2v) is 5.63. The lowest BCUT2D eigenvalue weighted by molar-refractivity contribution is 0.357. The number of nitrogens with zero attached hydrogens (tertiary/aromatic N) is 2. The fourth-order valence-electron chi connectivity index (χ4n) is 2.42. The van der Waals surface area contributed by atoms with Crippen molar-refractivity contribution < 1.29 is 9.15 Å². The molecular formula is C16H21N3O2. The highest BCUT2D eigenvalue weighted by atomic mass is 16.5. The molecule has 2 heterocycles. The van der Waals surface area contributed by atoms with E-state index in [1.54, 1.807) is 0 Å². The van der Waals surface area contributed by atoms with Crippen molar-refractivity contribution in [3.8, 4) is 17.2 Å². The molecule has 1 aliphatic heterocycles. The standard InChI is InChI=1S/C16H21N3O2/c1-11(2)17-8-3-4-15-18-19-16(21-15)13-5-6-14-12(10-13)7-9-20-14/h5-6,10-11,17H,3-4,7-9H2,1-2H3. The summed E-state index contributed by atoms with van der Waals surface area (Å²) in [5, 5.41) is 11.7. The Labute approximate surface area is 124 Å². The van der Waals surface area contributed by atoms with Gasteiger partial charge in [-0.15, -0.1) is 10.2 Å². The molecule has 0 atom stereocenters. The Bertz CT molecular complexity index is 607. The fourth-order valence-corrected chi connectivity index (χ4v) is 2.42. The summed E-state index contributed by atoms with van der Waals surface area (Å²) < 4.78 is 11.3. The minimum atomic E-state index is 0.511. The minimum Gasteiger partial charge on any atom is -0.493 e. The molecule has 5 nitrogen and oxygen atoms in total. The van der Waals surface area contributed by atoms with E-state index in [1.165, 1.54) is 5.56 Å². The van der Waals surface area contributed by atoms with Gasteiger partial charge in [-0.3, -0.25) is 0 Å². The van der Waals surface area contributed by atoms with E-state index in [4.69, 9.17) is 9.15 Å². The van der Waals surface area contributed by atoms with Gasteiger partial charge in [0.05, 0.1) is 6.61 Å². The van der Waals surface area contributed by atoms with E-state index in [1.807, 2.05) is 12.1 Å². The van der Waals surface area contributed by atoms with Gasteiger partial charge < -0.3 is 14.5 Å². The second-order valence-electron chi connectivity index (χ2n) is 5.63. The molecule has 112 valence electrons. The summed E-state index contributed by atoms with van der Waals surface area (Å²) in [6.45, 7) is 6.01. The first kappa shape index (κ1) is 14.1. The number of hydrogen-bond donors (Lipinski definition) is 1. The maximum atomic E-state index is 5.75. The molecule has 0 bridgehead atoms. The Morgan fingerprint density at radius 3 is 3.05 bits per heavy atom. The molecule has 21 heavy (non-hydrogen) atoms. The lowest BCUT2D eigenvalue weighted by Gasteiger charge is -2.05. The monoisotopic (exact) mass is 287 g/mol. The van der Waals surface area contributed by atoms with Gasteiger partial charge in [-0.1, -0.05) is 13.8 Å². The quantitative estimate of drug-likeness (QED) is 0.828. The largest absolute Gasteiger partial charge is 0.493 e. The second kappa shape index (κ2) is 6.26. The molecular weight excluding hydrogens is 266 g/mol. The number of rotatable bonds is 6. The smallest absolute Gasteiger partial charge is 0.247 e. The van der Waals surface area contributed by atoms with E-state index in [9.17, 15) is 0 Å². The van der Waals surface area contributed by atoms with Crippen molar-refractivity contribution in [3.63, 3.8) is 0 Å². The molecule has 1 aromatic carbocycles. The highest BCUT2D eigenvalue weighted by Crippen LogP contribution is 2.29. The molecule has 2 aromatic rings. The maximum Gasteiger partial charge on any atom is 0.247 e. The van der Waals surface area contributed by atoms with Crippen LogP contribution in [-0.2, 0) is 12.8 Å². The number of aryl methyl sites for hydroxylation is 1. The number of ether oxygens (including phenoxy) is 1. The lowest BCUT2D eigenvalue weighted by atomic mass is 10.1. The van der Waals surface area contributed by atoms with Crippen molar-refractivity contribution in [2.24, 2.45) is 0 Å². The van der Waals surface area contributed by atoms with Crippen LogP contribution in [0.3, 0.4) is 0 Å². The number of nitrogens with one attached hydrogen (secondary N) is 1. The number of fused-ring (bicyclic) bond motifs is 1. The first-order valence-electron chi connectivity index (χ1n) is 7.54. The van der Waals surface area contributed by atoms with Gasteiger partial charge in [-0.2, -0.15) is 0 Å². The highest BCUT2D eigenvalue weighted by Gasteiger charge is 2.15. The Morgan fingerprint density at radius 2 is 2.19 bits per heavy atom. The van der Waals surface area contributed by atoms with E-state index in [0.29, 0.717) is 17.8 Å². The molecule has 0 spiro atoms. The van der Waals surface area contributed by atoms with E-state index < -0.39 is 0 Å². The third kappa shape index (κ3) is 3.42. The van der Waals surface area contributed by atoms with Crippen molar-refractivity contribution >= 4 is 0 Å². The number of benzene rings is 1. The van der Waals surface area contributed by atoms with Crippen molar-refractivity contribution in [3.05, 3.63) is 29.7 Å². The van der Waals surface area contributed by atoms with Crippen LogP contribution in [0.4, 0.5) is 0 Å². The molecule has 3 rings (SSSR count). The first-order chi connectivity index (χ1) is 10.2. The van der Waals surface area contributed by atoms with Gasteiger partial charge in [0.15, 0.2) is 0 Å². The van der Waals surface area contributed by atoms with Crippen LogP contribution < -0.4 is 10.1 Å². The molecule has 5 heteroatoms. The van der Waals surface area contributed by atoms with Crippen LogP contribution in [0.25, 0.3) is 11.5 Å². The Kier molecular flexibility index (Phi) is 4.20. The Hall–Kier alpha value is -1.88. The number of hydrogen-bond acceptors (Lipinski definition) is 5. The molecule has 1 aromatic heterocycles. The predicted molar refractivity (Wildman–Crippen MR) is 80.4 cm³/mol. The highest BCUT2D eigenvalue weighted by molar-refractivity contribution is 5.57. The predicted octanol–water partition coefficient (Wildman–Crippen LogP) is 2.60. The summed E-state index contributed by atoms with van der Waals surface area (Å²) in [7, 11) is 0. The van der Waals surface area contributed by atoms with Gasteiger partial charge in [-0.05, 0) is 36.7 Å². The van der Waals surface area contributed by atoms with Crippen LogP contribution in [0, 0.1) is 0 Å². The molecule has 0 unspecified atom stereocenters.